The summed E-state index contributed by atoms with van der Waals surface area (Å²) in [4.78, 5) is 8.48. The van der Waals surface area contributed by atoms with Crippen molar-refractivity contribution >= 4 is 11.3 Å². The van der Waals surface area contributed by atoms with E-state index in [-0.39, 0.29) is 5.54 Å². The number of thiazole rings is 1. The second kappa shape index (κ2) is 3.75. The van der Waals surface area contributed by atoms with Crippen LogP contribution in [0.3, 0.4) is 0 Å². The molecule has 15 heavy (non-hydrogen) atoms. The van der Waals surface area contributed by atoms with Crippen LogP contribution in [0.5, 0.6) is 0 Å². The zero-order valence-electron chi connectivity index (χ0n) is 8.84. The fraction of sp³-hybridized carbons (Fsp3) is 0.400. The Hall–Kier alpha value is -1.20. The molecule has 4 nitrogen and oxygen atoms in total. The molecule has 0 radical (unpaired) electrons. The van der Waals surface area contributed by atoms with Crippen molar-refractivity contribution in [3.63, 3.8) is 0 Å². The minimum absolute atomic E-state index is 0.181. The standard InChI is InChI=1S/C10H14N4S/c1-10(2,9-13-3-4-15-9)14-7-12-6-8(14)5-11/h3-4,6-7H,5,11H2,1-2H3. The zero-order valence-corrected chi connectivity index (χ0v) is 9.66. The maximum atomic E-state index is 5.67. The fourth-order valence-corrected chi connectivity index (χ4v) is 2.36. The Kier molecular flexibility index (Phi) is 2.58. The molecule has 80 valence electrons. The summed E-state index contributed by atoms with van der Waals surface area (Å²) in [5.41, 5.74) is 6.51. The number of aromatic nitrogens is 3. The molecule has 2 aromatic heterocycles. The Morgan fingerprint density at radius 1 is 1.53 bits per heavy atom. The molecule has 0 saturated heterocycles. The van der Waals surface area contributed by atoms with E-state index in [2.05, 4.69) is 28.4 Å². The monoisotopic (exact) mass is 222 g/mol. The average molecular weight is 222 g/mol. The van der Waals surface area contributed by atoms with Crippen molar-refractivity contribution in [3.8, 4) is 0 Å². The summed E-state index contributed by atoms with van der Waals surface area (Å²) in [5, 5.41) is 3.05. The molecule has 0 aliphatic rings. The summed E-state index contributed by atoms with van der Waals surface area (Å²) in [7, 11) is 0. The first kappa shape index (κ1) is 10.3. The molecule has 2 rings (SSSR count). The highest BCUT2D eigenvalue weighted by Crippen LogP contribution is 2.28. The summed E-state index contributed by atoms with van der Waals surface area (Å²) in [6.45, 7) is 4.73. The number of hydrogen-bond donors (Lipinski definition) is 1. The van der Waals surface area contributed by atoms with Crippen molar-refractivity contribution in [2.75, 3.05) is 0 Å². The highest BCUT2D eigenvalue weighted by atomic mass is 32.1. The predicted molar refractivity (Wildman–Crippen MR) is 60.7 cm³/mol. The minimum atomic E-state index is -0.181. The lowest BCUT2D eigenvalue weighted by molar-refractivity contribution is 0.420. The third-order valence-corrected chi connectivity index (χ3v) is 3.57. The van der Waals surface area contributed by atoms with Crippen molar-refractivity contribution in [2.45, 2.75) is 25.9 Å². The molecule has 5 heteroatoms. The van der Waals surface area contributed by atoms with Crippen molar-refractivity contribution in [1.29, 1.82) is 0 Å². The smallest absolute Gasteiger partial charge is 0.118 e. The topological polar surface area (TPSA) is 56.7 Å². The largest absolute Gasteiger partial charge is 0.325 e. The van der Waals surface area contributed by atoms with Crippen LogP contribution in [0, 0.1) is 0 Å². The lowest BCUT2D eigenvalue weighted by Crippen LogP contribution is -2.29. The lowest BCUT2D eigenvalue weighted by Gasteiger charge is -2.26. The molecule has 0 aromatic carbocycles. The molecule has 0 aliphatic heterocycles. The Morgan fingerprint density at radius 2 is 2.33 bits per heavy atom. The van der Waals surface area contributed by atoms with Crippen molar-refractivity contribution in [1.82, 2.24) is 14.5 Å². The average Bonchev–Trinajstić information content (AvgIpc) is 2.89. The summed E-state index contributed by atoms with van der Waals surface area (Å²) < 4.78 is 2.08. The highest BCUT2D eigenvalue weighted by Gasteiger charge is 2.26. The molecule has 2 N–H and O–H groups in total. The van der Waals surface area contributed by atoms with Crippen LogP contribution in [0.4, 0.5) is 0 Å². The zero-order chi connectivity index (χ0) is 10.9. The van der Waals surface area contributed by atoms with E-state index < -0.39 is 0 Å². The Bertz CT molecular complexity index is 430. The van der Waals surface area contributed by atoms with Crippen LogP contribution in [0.1, 0.15) is 24.5 Å². The van der Waals surface area contributed by atoms with E-state index >= 15 is 0 Å². The third kappa shape index (κ3) is 1.68. The van der Waals surface area contributed by atoms with Gasteiger partial charge in [0.2, 0.25) is 0 Å². The van der Waals surface area contributed by atoms with Gasteiger partial charge in [-0.05, 0) is 13.8 Å². The van der Waals surface area contributed by atoms with Crippen molar-refractivity contribution in [2.24, 2.45) is 5.73 Å². The fourth-order valence-electron chi connectivity index (χ4n) is 1.61. The molecule has 0 fully saturated rings. The van der Waals surface area contributed by atoms with Crippen LogP contribution in [0.25, 0.3) is 0 Å². The summed E-state index contributed by atoms with van der Waals surface area (Å²) in [5.74, 6) is 0. The second-order valence-corrected chi connectivity index (χ2v) is 4.75. The van der Waals surface area contributed by atoms with Crippen LogP contribution in [0.15, 0.2) is 24.1 Å². The number of nitrogens with zero attached hydrogens (tertiary/aromatic N) is 3. The summed E-state index contributed by atoms with van der Waals surface area (Å²) >= 11 is 1.65. The second-order valence-electron chi connectivity index (χ2n) is 3.86. The molecule has 0 spiro atoms. The SMILES string of the molecule is CC(C)(c1nccs1)n1cncc1CN. The van der Waals surface area contributed by atoms with E-state index in [9.17, 15) is 0 Å². The van der Waals surface area contributed by atoms with Crippen LogP contribution in [-0.2, 0) is 12.1 Å². The van der Waals surface area contributed by atoms with Crippen LogP contribution in [-0.4, -0.2) is 14.5 Å². The van der Waals surface area contributed by atoms with Crippen LogP contribution >= 0.6 is 11.3 Å². The van der Waals surface area contributed by atoms with E-state index in [1.54, 1.807) is 17.5 Å². The van der Waals surface area contributed by atoms with Gasteiger partial charge in [0.15, 0.2) is 0 Å². The number of imidazole rings is 1. The first-order valence-electron chi connectivity index (χ1n) is 4.78. The van der Waals surface area contributed by atoms with Gasteiger partial charge < -0.3 is 10.3 Å². The normalized spacial score (nSPS) is 11.9. The van der Waals surface area contributed by atoms with Gasteiger partial charge in [-0.1, -0.05) is 0 Å². The Morgan fingerprint density at radius 3 is 2.93 bits per heavy atom. The quantitative estimate of drug-likeness (QED) is 0.857. The van der Waals surface area contributed by atoms with E-state index in [0.717, 1.165) is 10.7 Å². The molecule has 0 bridgehead atoms. The maximum Gasteiger partial charge on any atom is 0.118 e. The van der Waals surface area contributed by atoms with Gasteiger partial charge in [-0.2, -0.15) is 0 Å². The molecular weight excluding hydrogens is 208 g/mol. The molecule has 2 heterocycles. The van der Waals surface area contributed by atoms with Gasteiger partial charge in [0, 0.05) is 24.3 Å². The minimum Gasteiger partial charge on any atom is -0.325 e. The molecule has 0 unspecified atom stereocenters. The Labute approximate surface area is 92.8 Å². The molecule has 0 amide bonds. The molecule has 0 saturated carbocycles. The van der Waals surface area contributed by atoms with Gasteiger partial charge in [0.05, 0.1) is 17.6 Å². The molecule has 0 aliphatic carbocycles. The van der Waals surface area contributed by atoms with Crippen molar-refractivity contribution in [3.05, 3.63) is 34.8 Å². The van der Waals surface area contributed by atoms with Crippen molar-refractivity contribution < 1.29 is 0 Å². The third-order valence-electron chi connectivity index (χ3n) is 2.48. The first-order valence-corrected chi connectivity index (χ1v) is 5.66. The Balaban J connectivity index is 2.46. The van der Waals surface area contributed by atoms with Gasteiger partial charge in [-0.3, -0.25) is 0 Å². The number of rotatable bonds is 3. The summed E-state index contributed by atoms with van der Waals surface area (Å²) in [6.07, 6.45) is 5.43. The highest BCUT2D eigenvalue weighted by molar-refractivity contribution is 7.09. The van der Waals surface area contributed by atoms with E-state index in [1.165, 1.54) is 0 Å². The van der Waals surface area contributed by atoms with E-state index in [1.807, 2.05) is 17.9 Å². The van der Waals surface area contributed by atoms with Crippen LogP contribution < -0.4 is 5.73 Å². The van der Waals surface area contributed by atoms with E-state index in [0.29, 0.717) is 6.54 Å². The maximum absolute atomic E-state index is 5.67. The molecule has 0 atom stereocenters. The van der Waals surface area contributed by atoms with Gasteiger partial charge in [-0.15, -0.1) is 11.3 Å². The molecule has 2 aromatic rings. The first-order chi connectivity index (χ1) is 7.16. The van der Waals surface area contributed by atoms with Crippen LogP contribution in [0.2, 0.25) is 0 Å². The summed E-state index contributed by atoms with van der Waals surface area (Å²) in [6, 6.07) is 0. The number of nitrogens with two attached hydrogens (primary N) is 1. The number of hydrogen-bond acceptors (Lipinski definition) is 4. The van der Waals surface area contributed by atoms with Gasteiger partial charge >= 0.3 is 0 Å². The predicted octanol–water partition coefficient (Wildman–Crippen LogP) is 1.58. The van der Waals surface area contributed by atoms with Gasteiger partial charge in [-0.25, -0.2) is 9.97 Å². The van der Waals surface area contributed by atoms with Gasteiger partial charge in [0.25, 0.3) is 0 Å². The van der Waals surface area contributed by atoms with E-state index in [4.69, 9.17) is 5.73 Å². The molecular formula is C10H14N4S. The van der Waals surface area contributed by atoms with Gasteiger partial charge in [0.1, 0.15) is 5.01 Å². The lowest BCUT2D eigenvalue weighted by atomic mass is 10.1.